The molecule has 1 aromatic heterocycles. The van der Waals surface area contributed by atoms with E-state index in [9.17, 15) is 0 Å². The second-order valence-electron chi connectivity index (χ2n) is 6.16. The smallest absolute Gasteiger partial charge is 0.157 e. The molecule has 0 atom stereocenters. The highest BCUT2D eigenvalue weighted by Crippen LogP contribution is 2.16. The minimum Gasteiger partial charge on any atom is -0.489 e. The summed E-state index contributed by atoms with van der Waals surface area (Å²) in [5.41, 5.74) is 0.395. The quantitative estimate of drug-likeness (QED) is 0.759. The minimum atomic E-state index is 0.382. The molecule has 0 radical (unpaired) electrons. The van der Waals surface area contributed by atoms with Crippen LogP contribution in [0.15, 0.2) is 12.4 Å². The molecule has 0 aliphatic rings. The molecule has 4 heteroatoms. The van der Waals surface area contributed by atoms with Crippen LogP contribution < -0.4 is 10.1 Å². The highest BCUT2D eigenvalue weighted by atomic mass is 16.5. The van der Waals surface area contributed by atoms with Crippen molar-refractivity contribution in [3.63, 3.8) is 0 Å². The Hall–Kier alpha value is -1.03. The number of ether oxygens (including phenoxy) is 1. The van der Waals surface area contributed by atoms with Crippen LogP contribution in [0.4, 0.5) is 0 Å². The van der Waals surface area contributed by atoms with E-state index < -0.39 is 0 Å². The van der Waals surface area contributed by atoms with Crippen LogP contribution in [0.1, 0.15) is 47.1 Å². The Morgan fingerprint density at radius 1 is 1.33 bits per heavy atom. The Bertz CT molecular complexity index is 339. The van der Waals surface area contributed by atoms with E-state index in [1.807, 2.05) is 10.9 Å². The van der Waals surface area contributed by atoms with E-state index in [4.69, 9.17) is 4.74 Å². The molecule has 1 aromatic rings. The molecule has 0 unspecified atom stereocenters. The van der Waals surface area contributed by atoms with Crippen molar-refractivity contribution in [3.8, 4) is 5.75 Å². The van der Waals surface area contributed by atoms with Crippen molar-refractivity contribution < 1.29 is 4.74 Å². The first-order chi connectivity index (χ1) is 8.38. The molecule has 0 saturated heterocycles. The predicted molar refractivity (Wildman–Crippen MR) is 75.0 cm³/mol. The van der Waals surface area contributed by atoms with E-state index in [0.29, 0.717) is 18.1 Å². The van der Waals surface area contributed by atoms with Gasteiger partial charge in [0, 0.05) is 12.6 Å². The minimum absolute atomic E-state index is 0.382. The Labute approximate surface area is 111 Å². The lowest BCUT2D eigenvalue weighted by Gasteiger charge is -2.18. The van der Waals surface area contributed by atoms with Crippen LogP contribution in [0.3, 0.4) is 0 Å². The average Bonchev–Trinajstić information content (AvgIpc) is 2.70. The summed E-state index contributed by atoms with van der Waals surface area (Å²) in [7, 11) is 0. The van der Waals surface area contributed by atoms with Gasteiger partial charge in [0.1, 0.15) is 6.61 Å². The Morgan fingerprint density at radius 3 is 2.61 bits per heavy atom. The fourth-order valence-corrected chi connectivity index (χ4v) is 1.51. The number of hydrogen-bond acceptors (Lipinski definition) is 3. The van der Waals surface area contributed by atoms with E-state index in [0.717, 1.165) is 18.8 Å². The zero-order valence-corrected chi connectivity index (χ0v) is 12.4. The molecule has 0 bridgehead atoms. The molecule has 1 rings (SSSR count). The van der Waals surface area contributed by atoms with Crippen LogP contribution in [0, 0.1) is 5.41 Å². The number of nitrogens with one attached hydrogen (secondary N) is 1. The van der Waals surface area contributed by atoms with E-state index in [-0.39, 0.29) is 0 Å². The first kappa shape index (κ1) is 15.0. The van der Waals surface area contributed by atoms with E-state index in [1.54, 1.807) is 6.20 Å². The van der Waals surface area contributed by atoms with Crippen LogP contribution in [-0.2, 0) is 0 Å². The third kappa shape index (κ3) is 6.05. The third-order valence-electron chi connectivity index (χ3n) is 2.71. The lowest BCUT2D eigenvalue weighted by atomic mass is 9.92. The molecule has 1 heterocycles. The summed E-state index contributed by atoms with van der Waals surface area (Å²) in [5, 5.41) is 7.62. The summed E-state index contributed by atoms with van der Waals surface area (Å²) >= 11 is 0. The fraction of sp³-hybridized carbons (Fsp3) is 0.786. The SMILES string of the molecule is CC(C)n1cc(OCCNCCC(C)(C)C)cn1. The second kappa shape index (κ2) is 6.78. The zero-order chi connectivity index (χ0) is 13.6. The second-order valence-corrected chi connectivity index (χ2v) is 6.16. The molecule has 0 aliphatic heterocycles. The van der Waals surface area contributed by atoms with Crippen molar-refractivity contribution in [2.45, 2.75) is 47.1 Å². The van der Waals surface area contributed by atoms with Crippen molar-refractivity contribution in [3.05, 3.63) is 12.4 Å². The molecule has 0 aromatic carbocycles. The summed E-state index contributed by atoms with van der Waals surface area (Å²) in [6.45, 7) is 13.6. The van der Waals surface area contributed by atoms with E-state index in [1.165, 1.54) is 6.42 Å². The molecular weight excluding hydrogens is 226 g/mol. The van der Waals surface area contributed by atoms with Gasteiger partial charge in [-0.25, -0.2) is 0 Å². The standard InChI is InChI=1S/C14H27N3O/c1-12(2)17-11-13(10-16-17)18-9-8-15-7-6-14(3,4)5/h10-12,15H,6-9H2,1-5H3. The van der Waals surface area contributed by atoms with Gasteiger partial charge in [0.15, 0.2) is 5.75 Å². The van der Waals surface area contributed by atoms with Gasteiger partial charge in [-0.2, -0.15) is 5.10 Å². The van der Waals surface area contributed by atoms with Crippen LogP contribution in [0.25, 0.3) is 0 Å². The van der Waals surface area contributed by atoms with Gasteiger partial charge in [0.05, 0.1) is 12.4 Å². The molecule has 104 valence electrons. The van der Waals surface area contributed by atoms with Gasteiger partial charge in [0.2, 0.25) is 0 Å². The highest BCUT2D eigenvalue weighted by molar-refractivity contribution is 5.11. The fourth-order valence-electron chi connectivity index (χ4n) is 1.51. The summed E-state index contributed by atoms with van der Waals surface area (Å²) < 4.78 is 7.53. The van der Waals surface area contributed by atoms with E-state index in [2.05, 4.69) is 45.0 Å². The Kier molecular flexibility index (Phi) is 5.66. The maximum absolute atomic E-state index is 5.62. The highest BCUT2D eigenvalue weighted by Gasteiger charge is 2.08. The molecule has 0 amide bonds. The Balaban J connectivity index is 2.10. The van der Waals surface area contributed by atoms with Gasteiger partial charge in [-0.1, -0.05) is 20.8 Å². The molecular formula is C14H27N3O. The topological polar surface area (TPSA) is 39.1 Å². The van der Waals surface area contributed by atoms with Crippen molar-refractivity contribution >= 4 is 0 Å². The van der Waals surface area contributed by atoms with Gasteiger partial charge in [-0.05, 0) is 32.2 Å². The maximum Gasteiger partial charge on any atom is 0.157 e. The molecule has 18 heavy (non-hydrogen) atoms. The molecule has 0 saturated carbocycles. The van der Waals surface area contributed by atoms with Crippen LogP contribution in [-0.4, -0.2) is 29.5 Å². The van der Waals surface area contributed by atoms with E-state index >= 15 is 0 Å². The van der Waals surface area contributed by atoms with Crippen LogP contribution in [0.5, 0.6) is 5.75 Å². The zero-order valence-electron chi connectivity index (χ0n) is 12.4. The average molecular weight is 253 g/mol. The number of hydrogen-bond donors (Lipinski definition) is 1. The molecule has 0 fully saturated rings. The van der Waals surface area contributed by atoms with Crippen molar-refractivity contribution in [1.82, 2.24) is 15.1 Å². The van der Waals surface area contributed by atoms with Crippen molar-refractivity contribution in [2.75, 3.05) is 19.7 Å². The third-order valence-corrected chi connectivity index (χ3v) is 2.71. The normalized spacial score (nSPS) is 12.1. The summed E-state index contributed by atoms with van der Waals surface area (Å²) in [6.07, 6.45) is 4.90. The molecule has 1 N–H and O–H groups in total. The summed E-state index contributed by atoms with van der Waals surface area (Å²) in [4.78, 5) is 0. The maximum atomic E-state index is 5.62. The van der Waals surface area contributed by atoms with Gasteiger partial charge in [-0.15, -0.1) is 0 Å². The monoisotopic (exact) mass is 253 g/mol. The van der Waals surface area contributed by atoms with Gasteiger partial charge < -0.3 is 10.1 Å². The number of aromatic nitrogens is 2. The van der Waals surface area contributed by atoms with Gasteiger partial charge in [-0.3, -0.25) is 4.68 Å². The molecule has 0 spiro atoms. The van der Waals surface area contributed by atoms with Gasteiger partial charge in [0.25, 0.3) is 0 Å². The van der Waals surface area contributed by atoms with Crippen molar-refractivity contribution in [2.24, 2.45) is 5.41 Å². The van der Waals surface area contributed by atoms with Crippen LogP contribution >= 0.6 is 0 Å². The van der Waals surface area contributed by atoms with Crippen molar-refractivity contribution in [1.29, 1.82) is 0 Å². The lowest BCUT2D eigenvalue weighted by molar-refractivity contribution is 0.303. The Morgan fingerprint density at radius 2 is 2.06 bits per heavy atom. The number of rotatable bonds is 7. The summed E-state index contributed by atoms with van der Waals surface area (Å²) in [5.74, 6) is 0.848. The first-order valence-corrected chi connectivity index (χ1v) is 6.76. The van der Waals surface area contributed by atoms with Gasteiger partial charge >= 0.3 is 0 Å². The molecule has 4 nitrogen and oxygen atoms in total. The first-order valence-electron chi connectivity index (χ1n) is 6.76. The predicted octanol–water partition coefficient (Wildman–Crippen LogP) is 2.87. The van der Waals surface area contributed by atoms with Crippen LogP contribution in [0.2, 0.25) is 0 Å². The lowest BCUT2D eigenvalue weighted by Crippen LogP contribution is -2.25. The largest absolute Gasteiger partial charge is 0.489 e. The summed E-state index contributed by atoms with van der Waals surface area (Å²) in [6, 6.07) is 0.382. The molecule has 0 aliphatic carbocycles. The number of nitrogens with zero attached hydrogens (tertiary/aromatic N) is 2.